The normalized spacial score (nSPS) is 14.1. The summed E-state index contributed by atoms with van der Waals surface area (Å²) < 4.78 is 0. The fraction of sp³-hybridized carbons (Fsp3) is 0.533. The fourth-order valence-electron chi connectivity index (χ4n) is 2.10. The van der Waals surface area contributed by atoms with Gasteiger partial charge >= 0.3 is 0 Å². The average molecular weight is 230 g/mol. The van der Waals surface area contributed by atoms with Gasteiger partial charge < -0.3 is 5.32 Å². The first-order chi connectivity index (χ1) is 8.08. The first-order valence-corrected chi connectivity index (χ1v) is 6.28. The molecule has 0 heterocycles. The van der Waals surface area contributed by atoms with Gasteiger partial charge in [0.2, 0.25) is 0 Å². The molecule has 1 aromatic rings. The van der Waals surface area contributed by atoms with E-state index in [0.29, 0.717) is 12.5 Å². The van der Waals surface area contributed by atoms with Crippen molar-refractivity contribution < 1.29 is 0 Å². The standard InChI is InChI=1S/C15H22N2/c1-5-14(8-9-16)17-13(4)15-10-11(2)6-7-12(15)3/h6-7,10,13-14,17H,5,8H2,1-4H3. The van der Waals surface area contributed by atoms with Crippen LogP contribution >= 0.6 is 0 Å². The highest BCUT2D eigenvalue weighted by atomic mass is 14.9. The highest BCUT2D eigenvalue weighted by molar-refractivity contribution is 5.32. The van der Waals surface area contributed by atoms with Crippen LogP contribution in [0.1, 0.15) is 49.4 Å². The van der Waals surface area contributed by atoms with E-state index in [1.807, 2.05) is 0 Å². The monoisotopic (exact) mass is 230 g/mol. The zero-order valence-corrected chi connectivity index (χ0v) is 11.2. The van der Waals surface area contributed by atoms with Gasteiger partial charge in [-0.15, -0.1) is 0 Å². The van der Waals surface area contributed by atoms with E-state index in [1.165, 1.54) is 16.7 Å². The molecular weight excluding hydrogens is 208 g/mol. The Morgan fingerprint density at radius 2 is 2.06 bits per heavy atom. The van der Waals surface area contributed by atoms with Crippen molar-refractivity contribution in [3.63, 3.8) is 0 Å². The Hall–Kier alpha value is -1.33. The van der Waals surface area contributed by atoms with Gasteiger partial charge in [-0.3, -0.25) is 0 Å². The summed E-state index contributed by atoms with van der Waals surface area (Å²) in [7, 11) is 0. The molecule has 0 fully saturated rings. The van der Waals surface area contributed by atoms with Crippen LogP contribution in [0.15, 0.2) is 18.2 Å². The Morgan fingerprint density at radius 3 is 2.65 bits per heavy atom. The molecule has 2 atom stereocenters. The molecule has 0 aliphatic heterocycles. The first-order valence-electron chi connectivity index (χ1n) is 6.28. The summed E-state index contributed by atoms with van der Waals surface area (Å²) in [4.78, 5) is 0. The third-order valence-corrected chi connectivity index (χ3v) is 3.22. The van der Waals surface area contributed by atoms with Crippen molar-refractivity contribution in [3.8, 4) is 6.07 Å². The smallest absolute Gasteiger partial charge is 0.0638 e. The topological polar surface area (TPSA) is 35.8 Å². The third kappa shape index (κ3) is 3.87. The van der Waals surface area contributed by atoms with Crippen LogP contribution < -0.4 is 5.32 Å². The van der Waals surface area contributed by atoms with E-state index in [0.717, 1.165) is 6.42 Å². The first kappa shape index (κ1) is 13.7. The van der Waals surface area contributed by atoms with E-state index in [-0.39, 0.29) is 6.04 Å². The van der Waals surface area contributed by atoms with Crippen LogP contribution in [0, 0.1) is 25.2 Å². The van der Waals surface area contributed by atoms with Crippen LogP contribution in [0.3, 0.4) is 0 Å². The highest BCUT2D eigenvalue weighted by Crippen LogP contribution is 2.20. The molecule has 0 radical (unpaired) electrons. The number of nitriles is 1. The average Bonchev–Trinajstić information content (AvgIpc) is 2.31. The second-order valence-electron chi connectivity index (χ2n) is 4.72. The molecule has 0 aliphatic rings. The Kier molecular flexibility index (Phi) is 5.18. The lowest BCUT2D eigenvalue weighted by atomic mass is 9.99. The van der Waals surface area contributed by atoms with E-state index in [2.05, 4.69) is 57.3 Å². The van der Waals surface area contributed by atoms with Crippen LogP contribution in [0.25, 0.3) is 0 Å². The second-order valence-corrected chi connectivity index (χ2v) is 4.72. The Morgan fingerprint density at radius 1 is 1.35 bits per heavy atom. The maximum Gasteiger partial charge on any atom is 0.0638 e. The number of nitrogens with zero attached hydrogens (tertiary/aromatic N) is 1. The van der Waals surface area contributed by atoms with Crippen LogP contribution in [0.5, 0.6) is 0 Å². The van der Waals surface area contributed by atoms with E-state index < -0.39 is 0 Å². The lowest BCUT2D eigenvalue weighted by Gasteiger charge is -2.22. The molecule has 17 heavy (non-hydrogen) atoms. The van der Waals surface area contributed by atoms with Gasteiger partial charge in [0.05, 0.1) is 12.5 Å². The highest BCUT2D eigenvalue weighted by Gasteiger charge is 2.13. The Bertz CT molecular complexity index is 404. The molecule has 0 aromatic heterocycles. The van der Waals surface area contributed by atoms with Crippen LogP contribution in [-0.2, 0) is 0 Å². The van der Waals surface area contributed by atoms with Crippen molar-refractivity contribution in [2.24, 2.45) is 0 Å². The molecular formula is C15H22N2. The Balaban J connectivity index is 2.78. The van der Waals surface area contributed by atoms with Crippen LogP contribution in [0.4, 0.5) is 0 Å². The van der Waals surface area contributed by atoms with Crippen molar-refractivity contribution in [2.75, 3.05) is 0 Å². The van der Waals surface area contributed by atoms with Gasteiger partial charge in [0.25, 0.3) is 0 Å². The largest absolute Gasteiger partial charge is 0.306 e. The van der Waals surface area contributed by atoms with E-state index in [4.69, 9.17) is 5.26 Å². The quantitative estimate of drug-likeness (QED) is 0.838. The van der Waals surface area contributed by atoms with Gasteiger partial charge in [0.1, 0.15) is 0 Å². The van der Waals surface area contributed by atoms with Gasteiger partial charge in [0, 0.05) is 12.1 Å². The lowest BCUT2D eigenvalue weighted by Crippen LogP contribution is -2.31. The predicted molar refractivity (Wildman–Crippen MR) is 71.8 cm³/mol. The molecule has 0 amide bonds. The summed E-state index contributed by atoms with van der Waals surface area (Å²) in [5, 5.41) is 12.3. The number of hydrogen-bond acceptors (Lipinski definition) is 2. The molecule has 2 nitrogen and oxygen atoms in total. The molecule has 1 rings (SSSR count). The fourth-order valence-corrected chi connectivity index (χ4v) is 2.10. The van der Waals surface area contributed by atoms with Gasteiger partial charge in [-0.1, -0.05) is 30.7 Å². The van der Waals surface area contributed by atoms with Crippen molar-refractivity contribution in [1.82, 2.24) is 5.32 Å². The van der Waals surface area contributed by atoms with Gasteiger partial charge in [0.15, 0.2) is 0 Å². The van der Waals surface area contributed by atoms with Gasteiger partial charge in [-0.05, 0) is 38.3 Å². The minimum Gasteiger partial charge on any atom is -0.306 e. The zero-order valence-electron chi connectivity index (χ0n) is 11.2. The van der Waals surface area contributed by atoms with Crippen LogP contribution in [-0.4, -0.2) is 6.04 Å². The molecule has 0 bridgehead atoms. The molecule has 0 spiro atoms. The number of nitrogens with one attached hydrogen (secondary N) is 1. The molecule has 0 aliphatic carbocycles. The molecule has 1 N–H and O–H groups in total. The third-order valence-electron chi connectivity index (χ3n) is 3.22. The SMILES string of the molecule is CCC(CC#N)NC(C)c1cc(C)ccc1C. The zero-order chi connectivity index (χ0) is 12.8. The molecule has 2 unspecified atom stereocenters. The van der Waals surface area contributed by atoms with Gasteiger partial charge in [-0.25, -0.2) is 0 Å². The summed E-state index contributed by atoms with van der Waals surface area (Å²) in [6, 6.07) is 9.35. The van der Waals surface area contributed by atoms with Crippen LogP contribution in [0.2, 0.25) is 0 Å². The maximum atomic E-state index is 8.76. The maximum absolute atomic E-state index is 8.76. The molecule has 0 saturated heterocycles. The molecule has 92 valence electrons. The Labute approximate surface area is 105 Å². The van der Waals surface area contributed by atoms with Gasteiger partial charge in [-0.2, -0.15) is 5.26 Å². The van der Waals surface area contributed by atoms with E-state index >= 15 is 0 Å². The number of benzene rings is 1. The molecule has 0 saturated carbocycles. The molecule has 2 heteroatoms. The molecule has 1 aromatic carbocycles. The van der Waals surface area contributed by atoms with Crippen molar-refractivity contribution >= 4 is 0 Å². The number of rotatable bonds is 5. The predicted octanol–water partition coefficient (Wildman–Crippen LogP) is 3.65. The minimum absolute atomic E-state index is 0.287. The summed E-state index contributed by atoms with van der Waals surface area (Å²) in [6.45, 7) is 8.53. The van der Waals surface area contributed by atoms with Crippen molar-refractivity contribution in [2.45, 2.75) is 52.6 Å². The summed E-state index contributed by atoms with van der Waals surface area (Å²) in [5.41, 5.74) is 3.93. The summed E-state index contributed by atoms with van der Waals surface area (Å²) in [5.74, 6) is 0. The van der Waals surface area contributed by atoms with Crippen molar-refractivity contribution in [3.05, 3.63) is 34.9 Å². The minimum atomic E-state index is 0.287. The van der Waals surface area contributed by atoms with E-state index in [1.54, 1.807) is 0 Å². The lowest BCUT2D eigenvalue weighted by molar-refractivity contribution is 0.447. The number of aryl methyl sites for hydroxylation is 2. The second kappa shape index (κ2) is 6.42. The van der Waals surface area contributed by atoms with E-state index in [9.17, 15) is 0 Å². The summed E-state index contributed by atoms with van der Waals surface area (Å²) in [6.07, 6.45) is 1.56. The number of hydrogen-bond donors (Lipinski definition) is 1. The summed E-state index contributed by atoms with van der Waals surface area (Å²) >= 11 is 0. The van der Waals surface area contributed by atoms with Crippen molar-refractivity contribution in [1.29, 1.82) is 5.26 Å².